The summed E-state index contributed by atoms with van der Waals surface area (Å²) in [5, 5.41) is 2.46. The van der Waals surface area contributed by atoms with Crippen molar-refractivity contribution in [2.45, 2.75) is 32.4 Å². The largest absolute Gasteiger partial charge is 0.378 e. The van der Waals surface area contributed by atoms with Crippen molar-refractivity contribution in [3.63, 3.8) is 0 Å². The highest BCUT2D eigenvalue weighted by atomic mass is 16.2. The zero-order valence-electron chi connectivity index (χ0n) is 21.9. The second-order valence-electron chi connectivity index (χ2n) is 11.0. The molecule has 1 heterocycles. The minimum absolute atomic E-state index is 0.0256. The Morgan fingerprint density at radius 3 is 2.38 bits per heavy atom. The molecule has 0 unspecified atom stereocenters. The summed E-state index contributed by atoms with van der Waals surface area (Å²) in [6.07, 6.45) is 6.47. The number of carbonyl (C=O) groups excluding carboxylic acids is 1. The standard InChI is InChI=1S/C34H34N2O/c1-34-22-10-9-15-30(34)32(36(33(34)37)23-24-11-5-4-6-12-24)29-21-18-25-13-7-8-14-28(25)31(29)26-16-19-27(20-17-26)35(2)3/h4-9,11-21,30,32H,10,22-23H2,1-3H3/t30-,32-,34+/m0/s1. The van der Waals surface area contributed by atoms with Crippen LogP contribution in [0.25, 0.3) is 21.9 Å². The summed E-state index contributed by atoms with van der Waals surface area (Å²) < 4.78 is 0. The lowest BCUT2D eigenvalue weighted by Gasteiger charge is -2.33. The molecule has 1 fully saturated rings. The first-order valence-electron chi connectivity index (χ1n) is 13.3. The quantitative estimate of drug-likeness (QED) is 0.271. The number of likely N-dealkylation sites (tertiary alicyclic amines) is 1. The number of amides is 1. The summed E-state index contributed by atoms with van der Waals surface area (Å²) in [6, 6.07) is 32.4. The normalized spacial score (nSPS) is 22.9. The first-order valence-corrected chi connectivity index (χ1v) is 13.3. The van der Waals surface area contributed by atoms with Gasteiger partial charge in [-0.15, -0.1) is 0 Å². The van der Waals surface area contributed by atoms with Gasteiger partial charge in [0.1, 0.15) is 0 Å². The van der Waals surface area contributed by atoms with Crippen LogP contribution < -0.4 is 4.90 Å². The van der Waals surface area contributed by atoms with E-state index in [1.807, 2.05) is 6.07 Å². The van der Waals surface area contributed by atoms with Gasteiger partial charge in [0.05, 0.1) is 11.5 Å². The van der Waals surface area contributed by atoms with Gasteiger partial charge in [-0.1, -0.05) is 97.9 Å². The van der Waals surface area contributed by atoms with Gasteiger partial charge in [-0.2, -0.15) is 0 Å². The zero-order valence-corrected chi connectivity index (χ0v) is 21.9. The van der Waals surface area contributed by atoms with Gasteiger partial charge in [-0.05, 0) is 58.0 Å². The van der Waals surface area contributed by atoms with Gasteiger partial charge in [-0.25, -0.2) is 0 Å². The Morgan fingerprint density at radius 2 is 1.62 bits per heavy atom. The van der Waals surface area contributed by atoms with Crippen LogP contribution in [0.2, 0.25) is 0 Å². The molecule has 3 heteroatoms. The molecule has 6 rings (SSSR count). The fraction of sp³-hybridized carbons (Fsp3) is 0.265. The summed E-state index contributed by atoms with van der Waals surface area (Å²) in [5.41, 5.74) is 5.63. The summed E-state index contributed by atoms with van der Waals surface area (Å²) in [4.78, 5) is 18.5. The Hall–Kier alpha value is -3.85. The topological polar surface area (TPSA) is 23.6 Å². The first kappa shape index (κ1) is 23.5. The van der Waals surface area contributed by atoms with Crippen molar-refractivity contribution >= 4 is 22.4 Å². The van der Waals surface area contributed by atoms with Crippen LogP contribution in [0.4, 0.5) is 5.69 Å². The van der Waals surface area contributed by atoms with Crippen molar-refractivity contribution in [3.8, 4) is 11.1 Å². The van der Waals surface area contributed by atoms with Crippen molar-refractivity contribution in [3.05, 3.63) is 114 Å². The molecule has 0 bridgehead atoms. The lowest BCUT2D eigenvalue weighted by atomic mass is 9.69. The molecule has 37 heavy (non-hydrogen) atoms. The molecule has 1 aliphatic heterocycles. The number of anilines is 1. The molecule has 1 amide bonds. The Bertz CT molecular complexity index is 1470. The SMILES string of the molecule is CN(C)c1ccc(-c2c([C@H]3[C@@H]4C=CCC[C@@]4(C)C(=O)N3Cc3ccccc3)ccc3ccccc23)cc1. The molecule has 186 valence electrons. The lowest BCUT2D eigenvalue weighted by Crippen LogP contribution is -2.34. The smallest absolute Gasteiger partial charge is 0.230 e. The van der Waals surface area contributed by atoms with E-state index in [0.717, 1.165) is 12.8 Å². The molecule has 0 aromatic heterocycles. The van der Waals surface area contributed by atoms with Crippen LogP contribution >= 0.6 is 0 Å². The molecule has 0 spiro atoms. The molecule has 4 aromatic carbocycles. The monoisotopic (exact) mass is 486 g/mol. The van der Waals surface area contributed by atoms with Gasteiger partial charge in [0.15, 0.2) is 0 Å². The summed E-state index contributed by atoms with van der Waals surface area (Å²) in [7, 11) is 4.14. The Labute approximate surface area is 220 Å². The maximum atomic E-state index is 14.2. The van der Waals surface area contributed by atoms with Crippen molar-refractivity contribution in [2.24, 2.45) is 11.3 Å². The van der Waals surface area contributed by atoms with Crippen LogP contribution in [0, 0.1) is 11.3 Å². The summed E-state index contributed by atoms with van der Waals surface area (Å²) >= 11 is 0. The average Bonchev–Trinajstić information content (AvgIpc) is 3.14. The summed E-state index contributed by atoms with van der Waals surface area (Å²) in [6.45, 7) is 2.81. The molecule has 3 atom stereocenters. The summed E-state index contributed by atoms with van der Waals surface area (Å²) in [5.74, 6) is 0.413. The lowest BCUT2D eigenvalue weighted by molar-refractivity contribution is -0.137. The number of fused-ring (bicyclic) bond motifs is 2. The third-order valence-electron chi connectivity index (χ3n) is 8.48. The number of allylic oxidation sites excluding steroid dienone is 1. The van der Waals surface area contributed by atoms with Crippen molar-refractivity contribution in [1.82, 2.24) is 4.90 Å². The van der Waals surface area contributed by atoms with E-state index in [0.29, 0.717) is 6.54 Å². The third kappa shape index (κ3) is 3.94. The fourth-order valence-corrected chi connectivity index (χ4v) is 6.45. The van der Waals surface area contributed by atoms with Crippen LogP contribution in [0.5, 0.6) is 0 Å². The minimum atomic E-state index is -0.383. The molecule has 0 N–H and O–H groups in total. The zero-order chi connectivity index (χ0) is 25.6. The molecular weight excluding hydrogens is 452 g/mol. The molecule has 2 aliphatic rings. The first-order chi connectivity index (χ1) is 18.0. The number of hydrogen-bond donors (Lipinski definition) is 0. The maximum absolute atomic E-state index is 14.2. The van der Waals surface area contributed by atoms with E-state index >= 15 is 0 Å². The van der Waals surface area contributed by atoms with Gasteiger partial charge in [0, 0.05) is 32.2 Å². The Balaban J connectivity index is 1.57. The molecule has 0 radical (unpaired) electrons. The second-order valence-corrected chi connectivity index (χ2v) is 11.0. The number of benzene rings is 4. The van der Waals surface area contributed by atoms with Gasteiger partial charge in [0.2, 0.25) is 5.91 Å². The average molecular weight is 487 g/mol. The number of rotatable bonds is 5. The van der Waals surface area contributed by atoms with Crippen molar-refractivity contribution in [1.29, 1.82) is 0 Å². The highest BCUT2D eigenvalue weighted by Crippen LogP contribution is 2.56. The maximum Gasteiger partial charge on any atom is 0.230 e. The van der Waals surface area contributed by atoms with Crippen LogP contribution in [-0.2, 0) is 11.3 Å². The Morgan fingerprint density at radius 1 is 0.892 bits per heavy atom. The van der Waals surface area contributed by atoms with E-state index in [-0.39, 0.29) is 23.3 Å². The molecular formula is C34H34N2O. The molecule has 1 aliphatic carbocycles. The Kier molecular flexibility index (Phi) is 5.87. The molecule has 1 saturated heterocycles. The van der Waals surface area contributed by atoms with Crippen LogP contribution in [0.15, 0.2) is 103 Å². The fourth-order valence-electron chi connectivity index (χ4n) is 6.45. The van der Waals surface area contributed by atoms with E-state index in [4.69, 9.17) is 0 Å². The van der Waals surface area contributed by atoms with E-state index < -0.39 is 0 Å². The van der Waals surface area contributed by atoms with E-state index in [2.05, 4.69) is 128 Å². The predicted molar refractivity (Wildman–Crippen MR) is 153 cm³/mol. The van der Waals surface area contributed by atoms with Crippen molar-refractivity contribution in [2.75, 3.05) is 19.0 Å². The predicted octanol–water partition coefficient (Wildman–Crippen LogP) is 7.63. The van der Waals surface area contributed by atoms with Gasteiger partial charge >= 0.3 is 0 Å². The molecule has 3 nitrogen and oxygen atoms in total. The van der Waals surface area contributed by atoms with Gasteiger partial charge in [0.25, 0.3) is 0 Å². The minimum Gasteiger partial charge on any atom is -0.378 e. The highest BCUT2D eigenvalue weighted by molar-refractivity contribution is 5.99. The van der Waals surface area contributed by atoms with E-state index in [9.17, 15) is 4.79 Å². The third-order valence-corrected chi connectivity index (χ3v) is 8.48. The van der Waals surface area contributed by atoms with Crippen LogP contribution in [0.3, 0.4) is 0 Å². The van der Waals surface area contributed by atoms with Gasteiger partial charge in [-0.3, -0.25) is 4.79 Å². The van der Waals surface area contributed by atoms with Crippen molar-refractivity contribution < 1.29 is 4.79 Å². The molecule has 4 aromatic rings. The number of hydrogen-bond acceptors (Lipinski definition) is 2. The number of carbonyl (C=O) groups is 1. The van der Waals surface area contributed by atoms with E-state index in [1.165, 1.54) is 38.7 Å². The second kappa shape index (κ2) is 9.23. The van der Waals surface area contributed by atoms with E-state index in [1.54, 1.807) is 0 Å². The highest BCUT2D eigenvalue weighted by Gasteiger charge is 2.56. The van der Waals surface area contributed by atoms with Gasteiger partial charge < -0.3 is 9.80 Å². The van der Waals surface area contributed by atoms with Crippen LogP contribution in [-0.4, -0.2) is 24.9 Å². The molecule has 0 saturated carbocycles. The van der Waals surface area contributed by atoms with Crippen LogP contribution in [0.1, 0.15) is 36.9 Å². The number of nitrogens with zero attached hydrogens (tertiary/aromatic N) is 2.